The minimum absolute atomic E-state index is 0.00143. The Morgan fingerprint density at radius 1 is 1.00 bits per heavy atom. The number of likely N-dealkylation sites (tertiary alicyclic amines) is 2. The molecule has 2 fully saturated rings. The van der Waals surface area contributed by atoms with Gasteiger partial charge in [-0.05, 0) is 106 Å². The van der Waals surface area contributed by atoms with Crippen molar-refractivity contribution in [3.05, 3.63) is 80.1 Å². The lowest BCUT2D eigenvalue weighted by Crippen LogP contribution is -2.46. The number of benzene rings is 2. The molecule has 0 radical (unpaired) electrons. The normalized spacial score (nSPS) is 18.8. The van der Waals surface area contributed by atoms with E-state index in [-0.39, 0.29) is 22.5 Å². The van der Waals surface area contributed by atoms with Crippen LogP contribution in [0.15, 0.2) is 41.3 Å². The summed E-state index contributed by atoms with van der Waals surface area (Å²) in [6.07, 6.45) is 6.19. The average molecular weight is 642 g/mol. The lowest BCUT2D eigenvalue weighted by atomic mass is 10.0. The molecule has 1 aromatic heterocycles. The number of aryl methyl sites for hydroxylation is 1. The quantitative estimate of drug-likeness (QED) is 0.317. The van der Waals surface area contributed by atoms with E-state index < -0.39 is 9.84 Å². The first kappa shape index (κ1) is 29.9. The number of aromatic nitrogens is 1. The number of carbonyl (C=O) groups excluding carboxylic acids is 2. The first-order valence-electron chi connectivity index (χ1n) is 14.6. The SMILES string of the molecule is Cc1[nH]c(/C=C2\C(=O)Nc3ccc(S(=O)(=O)Cc4cc(Cl)cc(Cl)c4)cc32)c(C)c1C(=O)N1CCC(N2CCCC2)CC1. The minimum atomic E-state index is -3.77. The van der Waals surface area contributed by atoms with E-state index in [9.17, 15) is 18.0 Å². The van der Waals surface area contributed by atoms with Crippen molar-refractivity contribution in [3.63, 3.8) is 0 Å². The molecular formula is C32H34Cl2N4O4S. The van der Waals surface area contributed by atoms with Gasteiger partial charge in [-0.15, -0.1) is 0 Å². The molecule has 0 spiro atoms. The summed E-state index contributed by atoms with van der Waals surface area (Å²) in [6.45, 7) is 7.53. The van der Waals surface area contributed by atoms with Crippen molar-refractivity contribution in [2.45, 2.75) is 56.2 Å². The molecule has 0 aliphatic carbocycles. The van der Waals surface area contributed by atoms with Gasteiger partial charge in [0.2, 0.25) is 0 Å². The standard InChI is InChI=1S/C32H34Cl2N4O4S/c1-19-29(35-20(2)30(19)32(40)38-11-7-24(8-12-38)37-9-3-4-10-37)17-27-26-16-25(5-6-28(26)36-31(27)39)43(41,42)18-21-13-22(33)15-23(34)14-21/h5-6,13-17,24,35H,3-4,7-12,18H2,1-2H3,(H,36,39)/b27-17-. The highest BCUT2D eigenvalue weighted by Gasteiger charge is 2.32. The van der Waals surface area contributed by atoms with Crippen LogP contribution in [0.5, 0.6) is 0 Å². The molecule has 11 heteroatoms. The Morgan fingerprint density at radius 2 is 1.67 bits per heavy atom. The Hall–Kier alpha value is -3.11. The molecule has 8 nitrogen and oxygen atoms in total. The fraction of sp³-hybridized carbons (Fsp3) is 0.375. The molecule has 4 heterocycles. The van der Waals surface area contributed by atoms with Gasteiger partial charge in [0.1, 0.15) is 0 Å². The van der Waals surface area contributed by atoms with Gasteiger partial charge in [0.05, 0.1) is 21.8 Å². The number of amides is 2. The van der Waals surface area contributed by atoms with Crippen molar-refractivity contribution in [1.82, 2.24) is 14.8 Å². The number of piperidine rings is 1. The summed E-state index contributed by atoms with van der Waals surface area (Å²) < 4.78 is 26.7. The van der Waals surface area contributed by atoms with E-state index in [0.29, 0.717) is 49.7 Å². The van der Waals surface area contributed by atoms with Crippen LogP contribution in [0.4, 0.5) is 5.69 Å². The van der Waals surface area contributed by atoms with Crippen molar-refractivity contribution in [2.24, 2.45) is 0 Å². The average Bonchev–Trinajstić information content (AvgIpc) is 3.66. The molecule has 0 saturated carbocycles. The molecule has 2 amide bonds. The highest BCUT2D eigenvalue weighted by atomic mass is 35.5. The Balaban J connectivity index is 1.25. The summed E-state index contributed by atoms with van der Waals surface area (Å²) >= 11 is 12.1. The van der Waals surface area contributed by atoms with E-state index in [4.69, 9.17) is 23.2 Å². The molecule has 3 aliphatic rings. The van der Waals surface area contributed by atoms with Crippen molar-refractivity contribution < 1.29 is 18.0 Å². The largest absolute Gasteiger partial charge is 0.358 e. The third-order valence-corrected chi connectivity index (χ3v) is 10.9. The second kappa shape index (κ2) is 11.8. The van der Waals surface area contributed by atoms with Gasteiger partial charge in [-0.2, -0.15) is 0 Å². The monoisotopic (exact) mass is 640 g/mol. The van der Waals surface area contributed by atoms with Crippen LogP contribution in [0, 0.1) is 13.8 Å². The van der Waals surface area contributed by atoms with E-state index in [2.05, 4.69) is 15.2 Å². The Bertz CT molecular complexity index is 1730. The molecule has 0 unspecified atom stereocenters. The number of anilines is 1. The molecule has 3 aliphatic heterocycles. The maximum atomic E-state index is 13.6. The summed E-state index contributed by atoms with van der Waals surface area (Å²) in [6, 6.07) is 9.83. The summed E-state index contributed by atoms with van der Waals surface area (Å²) in [5.74, 6) is -0.626. The number of hydrogen-bond acceptors (Lipinski definition) is 5. The molecule has 43 heavy (non-hydrogen) atoms. The Labute approximate surface area is 262 Å². The van der Waals surface area contributed by atoms with E-state index in [1.807, 2.05) is 18.7 Å². The van der Waals surface area contributed by atoms with Crippen molar-refractivity contribution in [3.8, 4) is 0 Å². The number of halogens is 2. The summed E-state index contributed by atoms with van der Waals surface area (Å²) in [5.41, 5.74) is 4.59. The number of carbonyl (C=O) groups is 2. The van der Waals surface area contributed by atoms with Gasteiger partial charge in [0, 0.05) is 51.8 Å². The van der Waals surface area contributed by atoms with Crippen LogP contribution < -0.4 is 5.32 Å². The zero-order chi connectivity index (χ0) is 30.5. The van der Waals surface area contributed by atoms with Crippen molar-refractivity contribution in [1.29, 1.82) is 0 Å². The number of nitrogens with zero attached hydrogens (tertiary/aromatic N) is 2. The van der Waals surface area contributed by atoms with Gasteiger partial charge in [0.25, 0.3) is 11.8 Å². The molecule has 226 valence electrons. The maximum absolute atomic E-state index is 13.6. The van der Waals surface area contributed by atoms with Gasteiger partial charge in [-0.25, -0.2) is 8.42 Å². The molecule has 2 aromatic carbocycles. The molecule has 2 N–H and O–H groups in total. The number of aromatic amines is 1. The molecule has 6 rings (SSSR count). The van der Waals surface area contributed by atoms with Crippen molar-refractivity contribution >= 4 is 62.2 Å². The van der Waals surface area contributed by atoms with Gasteiger partial charge >= 0.3 is 0 Å². The van der Waals surface area contributed by atoms with Gasteiger partial charge < -0.3 is 20.1 Å². The lowest BCUT2D eigenvalue weighted by molar-refractivity contribution is -0.110. The fourth-order valence-corrected chi connectivity index (χ4v) is 8.50. The zero-order valence-corrected chi connectivity index (χ0v) is 26.5. The number of hydrogen-bond donors (Lipinski definition) is 2. The topological polar surface area (TPSA) is 103 Å². The first-order chi connectivity index (χ1) is 20.5. The number of nitrogens with one attached hydrogen (secondary N) is 2. The first-order valence-corrected chi connectivity index (χ1v) is 17.0. The van der Waals surface area contributed by atoms with Crippen LogP contribution in [0.2, 0.25) is 10.0 Å². The predicted octanol–water partition coefficient (Wildman–Crippen LogP) is 6.11. The van der Waals surface area contributed by atoms with Crippen LogP contribution in [0.3, 0.4) is 0 Å². The smallest absolute Gasteiger partial charge is 0.256 e. The van der Waals surface area contributed by atoms with E-state index >= 15 is 0 Å². The van der Waals surface area contributed by atoms with E-state index in [1.54, 1.807) is 30.3 Å². The number of fused-ring (bicyclic) bond motifs is 1. The zero-order valence-electron chi connectivity index (χ0n) is 24.2. The fourth-order valence-electron chi connectivity index (χ4n) is 6.58. The minimum Gasteiger partial charge on any atom is -0.358 e. The highest BCUT2D eigenvalue weighted by Crippen LogP contribution is 2.37. The van der Waals surface area contributed by atoms with E-state index in [1.165, 1.54) is 25.0 Å². The molecule has 0 atom stereocenters. The third-order valence-electron chi connectivity index (χ3n) is 8.80. The van der Waals surface area contributed by atoms with Gasteiger partial charge in [-0.1, -0.05) is 23.2 Å². The Kier molecular flexibility index (Phi) is 8.19. The van der Waals surface area contributed by atoms with Gasteiger partial charge in [-0.3, -0.25) is 9.59 Å². The summed E-state index contributed by atoms with van der Waals surface area (Å²) in [7, 11) is -3.77. The third kappa shape index (κ3) is 6.00. The molecule has 3 aromatic rings. The van der Waals surface area contributed by atoms with Crippen LogP contribution in [-0.2, 0) is 20.4 Å². The second-order valence-electron chi connectivity index (χ2n) is 11.7. The number of rotatable bonds is 6. The highest BCUT2D eigenvalue weighted by molar-refractivity contribution is 7.90. The predicted molar refractivity (Wildman–Crippen MR) is 170 cm³/mol. The van der Waals surface area contributed by atoms with E-state index in [0.717, 1.165) is 50.3 Å². The molecular weight excluding hydrogens is 607 g/mol. The molecule has 0 bridgehead atoms. The maximum Gasteiger partial charge on any atom is 0.256 e. The second-order valence-corrected chi connectivity index (χ2v) is 14.5. The molecule has 2 saturated heterocycles. The van der Waals surface area contributed by atoms with Crippen molar-refractivity contribution in [2.75, 3.05) is 31.5 Å². The van der Waals surface area contributed by atoms with Gasteiger partial charge in [0.15, 0.2) is 9.84 Å². The number of sulfone groups is 1. The van der Waals surface area contributed by atoms with Crippen LogP contribution in [0.25, 0.3) is 11.6 Å². The van der Waals surface area contributed by atoms with Crippen LogP contribution >= 0.6 is 23.2 Å². The van der Waals surface area contributed by atoms with Crippen LogP contribution in [0.1, 0.15) is 64.1 Å². The number of H-pyrrole nitrogens is 1. The summed E-state index contributed by atoms with van der Waals surface area (Å²) in [5, 5.41) is 3.53. The Morgan fingerprint density at radius 3 is 2.35 bits per heavy atom. The lowest BCUT2D eigenvalue weighted by Gasteiger charge is -2.36. The summed E-state index contributed by atoms with van der Waals surface area (Å²) in [4.78, 5) is 34.6. The van der Waals surface area contributed by atoms with Crippen LogP contribution in [-0.4, -0.2) is 67.2 Å².